The van der Waals surface area contributed by atoms with Gasteiger partial charge in [-0.3, -0.25) is 4.90 Å². The van der Waals surface area contributed by atoms with Crippen molar-refractivity contribution in [2.24, 2.45) is 0 Å². The smallest absolute Gasteiger partial charge is 0.396 e. The van der Waals surface area contributed by atoms with Crippen LogP contribution >= 0.6 is 0 Å². The lowest BCUT2D eigenvalue weighted by molar-refractivity contribution is -0.376. The summed E-state index contributed by atoms with van der Waals surface area (Å²) in [5.41, 5.74) is -4.08. The van der Waals surface area contributed by atoms with E-state index in [1.165, 1.54) is 0 Å². The SMILES string of the molecule is OCCCN1CCN(Cc2ccc(-c3ccc(C(O)(C(F)(F)F)C(F)(F)F)cc3)cc2)CC1. The Kier molecular flexibility index (Phi) is 7.73. The highest BCUT2D eigenvalue weighted by atomic mass is 19.4. The van der Waals surface area contributed by atoms with Crippen LogP contribution in [-0.4, -0.2) is 71.7 Å². The molecule has 0 aromatic heterocycles. The second kappa shape index (κ2) is 10.0. The molecule has 0 atom stereocenters. The average Bonchev–Trinajstić information content (AvgIpc) is 2.77. The van der Waals surface area contributed by atoms with Gasteiger partial charge in [0.05, 0.1) is 0 Å². The van der Waals surface area contributed by atoms with E-state index >= 15 is 0 Å². The molecule has 1 aliphatic rings. The third-order valence-electron chi connectivity index (χ3n) is 5.91. The molecule has 0 bridgehead atoms. The Labute approximate surface area is 188 Å². The fraction of sp³-hybridized carbons (Fsp3) is 0.478. The molecule has 33 heavy (non-hydrogen) atoms. The molecule has 1 aliphatic heterocycles. The fourth-order valence-electron chi connectivity index (χ4n) is 3.92. The Morgan fingerprint density at radius 2 is 1.15 bits per heavy atom. The molecule has 0 aliphatic carbocycles. The normalized spacial score (nSPS) is 16.8. The van der Waals surface area contributed by atoms with Gasteiger partial charge in [-0.1, -0.05) is 48.5 Å². The molecule has 0 unspecified atom stereocenters. The van der Waals surface area contributed by atoms with Gasteiger partial charge in [-0.15, -0.1) is 0 Å². The van der Waals surface area contributed by atoms with Gasteiger partial charge in [0.15, 0.2) is 0 Å². The van der Waals surface area contributed by atoms with Crippen molar-refractivity contribution in [3.8, 4) is 11.1 Å². The number of benzene rings is 2. The van der Waals surface area contributed by atoms with Gasteiger partial charge in [0.1, 0.15) is 0 Å². The first-order valence-electron chi connectivity index (χ1n) is 10.6. The van der Waals surface area contributed by atoms with E-state index in [0.717, 1.165) is 63.4 Å². The number of aliphatic hydroxyl groups is 2. The van der Waals surface area contributed by atoms with Gasteiger partial charge in [0, 0.05) is 51.4 Å². The van der Waals surface area contributed by atoms with Crippen molar-refractivity contribution >= 4 is 0 Å². The van der Waals surface area contributed by atoms with Crippen molar-refractivity contribution in [3.63, 3.8) is 0 Å². The number of rotatable bonds is 7. The third kappa shape index (κ3) is 5.68. The minimum absolute atomic E-state index is 0.181. The number of alkyl halides is 6. The van der Waals surface area contributed by atoms with Gasteiger partial charge in [0.25, 0.3) is 5.60 Å². The maximum absolute atomic E-state index is 13.0. The van der Waals surface area contributed by atoms with Crippen molar-refractivity contribution in [1.29, 1.82) is 0 Å². The highest BCUT2D eigenvalue weighted by Gasteiger charge is 2.71. The Balaban J connectivity index is 1.66. The molecular weight excluding hydrogens is 450 g/mol. The van der Waals surface area contributed by atoms with Gasteiger partial charge >= 0.3 is 12.4 Å². The molecule has 2 aromatic rings. The van der Waals surface area contributed by atoms with E-state index in [0.29, 0.717) is 23.3 Å². The Hall–Kier alpha value is -2.14. The summed E-state index contributed by atoms with van der Waals surface area (Å²) in [4.78, 5) is 4.60. The van der Waals surface area contributed by atoms with E-state index in [2.05, 4.69) is 9.80 Å². The lowest BCUT2D eigenvalue weighted by Crippen LogP contribution is -2.53. The van der Waals surface area contributed by atoms with Gasteiger partial charge in [-0.25, -0.2) is 0 Å². The second-order valence-electron chi connectivity index (χ2n) is 8.18. The fourth-order valence-corrected chi connectivity index (χ4v) is 3.92. The lowest BCUT2D eigenvalue weighted by Gasteiger charge is -2.34. The van der Waals surface area contributed by atoms with E-state index in [4.69, 9.17) is 5.11 Å². The van der Waals surface area contributed by atoms with E-state index in [-0.39, 0.29) is 6.61 Å². The highest BCUT2D eigenvalue weighted by Crippen LogP contribution is 2.50. The molecule has 182 valence electrons. The summed E-state index contributed by atoms with van der Waals surface area (Å²) in [5.74, 6) is 0. The summed E-state index contributed by atoms with van der Waals surface area (Å²) in [6.45, 7) is 5.43. The van der Waals surface area contributed by atoms with Crippen molar-refractivity contribution in [2.75, 3.05) is 39.3 Å². The minimum atomic E-state index is -5.90. The first-order chi connectivity index (χ1) is 15.5. The van der Waals surface area contributed by atoms with Crippen LogP contribution in [0.2, 0.25) is 0 Å². The summed E-state index contributed by atoms with van der Waals surface area (Å²) in [7, 11) is 0. The van der Waals surface area contributed by atoms with Crippen LogP contribution in [-0.2, 0) is 12.1 Å². The van der Waals surface area contributed by atoms with Crippen LogP contribution < -0.4 is 0 Å². The zero-order valence-corrected chi connectivity index (χ0v) is 17.8. The second-order valence-corrected chi connectivity index (χ2v) is 8.18. The van der Waals surface area contributed by atoms with E-state index in [1.807, 2.05) is 12.1 Å². The zero-order valence-electron chi connectivity index (χ0n) is 17.8. The van der Waals surface area contributed by atoms with Gasteiger partial charge in [-0.05, 0) is 23.1 Å². The summed E-state index contributed by atoms with van der Waals surface area (Å²) < 4.78 is 78.2. The summed E-state index contributed by atoms with van der Waals surface area (Å²) in [6, 6.07) is 10.9. The molecular formula is C23H26F6N2O2. The molecule has 4 nitrogen and oxygen atoms in total. The van der Waals surface area contributed by atoms with Crippen molar-refractivity contribution in [1.82, 2.24) is 9.80 Å². The number of halogens is 6. The van der Waals surface area contributed by atoms with Gasteiger partial charge in [-0.2, -0.15) is 26.3 Å². The van der Waals surface area contributed by atoms with Crippen LogP contribution in [0.1, 0.15) is 17.5 Å². The molecule has 0 spiro atoms. The topological polar surface area (TPSA) is 46.9 Å². The van der Waals surface area contributed by atoms with Crippen LogP contribution in [0.4, 0.5) is 26.3 Å². The Morgan fingerprint density at radius 1 is 0.697 bits per heavy atom. The molecule has 1 fully saturated rings. The van der Waals surface area contributed by atoms with Crippen LogP contribution in [0.15, 0.2) is 48.5 Å². The van der Waals surface area contributed by atoms with Crippen LogP contribution in [0, 0.1) is 0 Å². The predicted molar refractivity (Wildman–Crippen MR) is 111 cm³/mol. The third-order valence-corrected chi connectivity index (χ3v) is 5.91. The number of nitrogens with zero attached hydrogens (tertiary/aromatic N) is 2. The number of piperazine rings is 1. The zero-order chi connectivity index (χ0) is 24.3. The largest absolute Gasteiger partial charge is 0.430 e. The molecule has 1 saturated heterocycles. The van der Waals surface area contributed by atoms with Gasteiger partial charge < -0.3 is 15.1 Å². The van der Waals surface area contributed by atoms with Crippen molar-refractivity contribution in [2.45, 2.75) is 30.9 Å². The average molecular weight is 476 g/mol. The Bertz CT molecular complexity index is 875. The standard InChI is InChI=1S/C23H26F6N2O2/c24-22(25,26)21(33,23(27,28)29)20-8-6-19(7-9-20)18-4-2-17(3-5-18)16-31-13-11-30(12-14-31)10-1-15-32/h2-9,32-33H,1,10-16H2. The molecule has 3 rings (SSSR count). The molecule has 2 N–H and O–H groups in total. The van der Waals surface area contributed by atoms with E-state index < -0.39 is 23.5 Å². The molecule has 2 aromatic carbocycles. The number of hydrogen-bond donors (Lipinski definition) is 2. The Morgan fingerprint density at radius 3 is 1.61 bits per heavy atom. The highest BCUT2D eigenvalue weighted by molar-refractivity contribution is 5.64. The maximum atomic E-state index is 13.0. The molecule has 10 heteroatoms. The van der Waals surface area contributed by atoms with E-state index in [9.17, 15) is 31.4 Å². The quantitative estimate of drug-likeness (QED) is 0.590. The molecule has 0 radical (unpaired) electrons. The first kappa shape index (κ1) is 25.5. The number of hydrogen-bond acceptors (Lipinski definition) is 4. The maximum Gasteiger partial charge on any atom is 0.430 e. The molecule has 0 amide bonds. The summed E-state index contributed by atoms with van der Waals surface area (Å²) in [5, 5.41) is 18.4. The first-order valence-corrected chi connectivity index (χ1v) is 10.6. The monoisotopic (exact) mass is 476 g/mol. The number of aliphatic hydroxyl groups excluding tert-OH is 1. The van der Waals surface area contributed by atoms with Crippen LogP contribution in [0.5, 0.6) is 0 Å². The van der Waals surface area contributed by atoms with Crippen molar-refractivity contribution < 1.29 is 36.6 Å². The van der Waals surface area contributed by atoms with Gasteiger partial charge in [0.2, 0.25) is 0 Å². The molecule has 1 heterocycles. The lowest BCUT2D eigenvalue weighted by atomic mass is 9.90. The minimum Gasteiger partial charge on any atom is -0.396 e. The summed E-state index contributed by atoms with van der Waals surface area (Å²) in [6.07, 6.45) is -11.0. The van der Waals surface area contributed by atoms with Crippen molar-refractivity contribution in [3.05, 3.63) is 59.7 Å². The van der Waals surface area contributed by atoms with Crippen LogP contribution in [0.25, 0.3) is 11.1 Å². The predicted octanol–water partition coefficient (Wildman–Crippen LogP) is 4.17. The summed E-state index contributed by atoms with van der Waals surface area (Å²) >= 11 is 0. The molecule has 0 saturated carbocycles. The van der Waals surface area contributed by atoms with Crippen LogP contribution in [0.3, 0.4) is 0 Å². The van der Waals surface area contributed by atoms with E-state index in [1.54, 1.807) is 12.1 Å².